The third kappa shape index (κ3) is 2.68. The van der Waals surface area contributed by atoms with Crippen molar-refractivity contribution in [3.63, 3.8) is 0 Å². The average Bonchev–Trinajstić information content (AvgIpc) is 3.03. The van der Waals surface area contributed by atoms with E-state index >= 15 is 0 Å². The van der Waals surface area contributed by atoms with E-state index in [1.165, 1.54) is 38.6 Å². The Kier molecular flexibility index (Phi) is 3.84. The highest BCUT2D eigenvalue weighted by molar-refractivity contribution is 5.05. The summed E-state index contributed by atoms with van der Waals surface area (Å²) in [7, 11) is 0. The lowest BCUT2D eigenvalue weighted by Crippen LogP contribution is -2.61. The van der Waals surface area contributed by atoms with E-state index < -0.39 is 0 Å². The van der Waals surface area contributed by atoms with Gasteiger partial charge in [0.25, 0.3) is 0 Å². The first-order valence-corrected chi connectivity index (χ1v) is 7.39. The molecule has 1 N–H and O–H groups in total. The zero-order valence-corrected chi connectivity index (χ0v) is 12.0. The number of hydrogen-bond acceptors (Lipinski definition) is 2. The maximum atomic E-state index is 5.78. The van der Waals surface area contributed by atoms with Crippen LogP contribution in [0.3, 0.4) is 0 Å². The van der Waals surface area contributed by atoms with Crippen molar-refractivity contribution in [1.82, 2.24) is 5.32 Å². The Balaban J connectivity index is 1.74. The second kappa shape index (κ2) is 4.89. The van der Waals surface area contributed by atoms with Crippen molar-refractivity contribution in [1.29, 1.82) is 0 Å². The second-order valence-corrected chi connectivity index (χ2v) is 6.68. The Hall–Kier alpha value is -0.0800. The fourth-order valence-electron chi connectivity index (χ4n) is 3.28. The van der Waals surface area contributed by atoms with E-state index in [4.69, 9.17) is 4.74 Å². The van der Waals surface area contributed by atoms with Crippen molar-refractivity contribution in [2.75, 3.05) is 13.2 Å². The molecule has 0 saturated heterocycles. The molecule has 2 rings (SSSR count). The molecule has 0 radical (unpaired) electrons. The van der Waals surface area contributed by atoms with Gasteiger partial charge in [0.1, 0.15) is 0 Å². The van der Waals surface area contributed by atoms with Crippen LogP contribution in [0, 0.1) is 10.8 Å². The lowest BCUT2D eigenvalue weighted by atomic mass is 9.64. The van der Waals surface area contributed by atoms with E-state index in [0.717, 1.165) is 6.61 Å². The van der Waals surface area contributed by atoms with Gasteiger partial charge in [-0.1, -0.05) is 27.2 Å². The summed E-state index contributed by atoms with van der Waals surface area (Å²) in [5, 5.41) is 3.81. The van der Waals surface area contributed by atoms with Crippen LogP contribution in [0.25, 0.3) is 0 Å². The molecular weight excluding hydrogens is 210 g/mol. The van der Waals surface area contributed by atoms with Crippen LogP contribution in [0.5, 0.6) is 0 Å². The molecule has 2 heteroatoms. The number of ether oxygens (including phenoxy) is 1. The smallest absolute Gasteiger partial charge is 0.0655 e. The monoisotopic (exact) mass is 239 g/mol. The van der Waals surface area contributed by atoms with Gasteiger partial charge in [0.05, 0.1) is 6.10 Å². The molecule has 0 aromatic carbocycles. The summed E-state index contributed by atoms with van der Waals surface area (Å²) in [6.45, 7) is 11.2. The molecule has 0 spiro atoms. The summed E-state index contributed by atoms with van der Waals surface area (Å²) in [6, 6.07) is 0.661. The molecule has 2 saturated carbocycles. The molecule has 2 unspecified atom stereocenters. The third-order valence-corrected chi connectivity index (χ3v) is 5.01. The topological polar surface area (TPSA) is 21.3 Å². The minimum absolute atomic E-state index is 0.318. The third-order valence-electron chi connectivity index (χ3n) is 5.01. The molecular formula is C15H29NO. The molecule has 0 aliphatic heterocycles. The van der Waals surface area contributed by atoms with Gasteiger partial charge in [-0.3, -0.25) is 0 Å². The quantitative estimate of drug-likeness (QED) is 0.735. The highest BCUT2D eigenvalue weighted by Gasteiger charge is 2.50. The van der Waals surface area contributed by atoms with Crippen LogP contribution in [0.2, 0.25) is 0 Å². The maximum Gasteiger partial charge on any atom is 0.0655 e. The fraction of sp³-hybridized carbons (Fsp3) is 1.00. The van der Waals surface area contributed by atoms with E-state index in [0.29, 0.717) is 23.0 Å². The van der Waals surface area contributed by atoms with Gasteiger partial charge in [-0.2, -0.15) is 0 Å². The lowest BCUT2D eigenvalue weighted by Gasteiger charge is -2.52. The minimum atomic E-state index is 0.318. The van der Waals surface area contributed by atoms with E-state index in [1.807, 2.05) is 0 Å². The summed E-state index contributed by atoms with van der Waals surface area (Å²) >= 11 is 0. The summed E-state index contributed by atoms with van der Waals surface area (Å²) in [5.41, 5.74) is 0.986. The molecule has 17 heavy (non-hydrogen) atoms. The Labute approximate surface area is 107 Å². The first-order valence-electron chi connectivity index (χ1n) is 7.39. The van der Waals surface area contributed by atoms with Crippen LogP contribution >= 0.6 is 0 Å². The van der Waals surface area contributed by atoms with Crippen LogP contribution < -0.4 is 5.32 Å². The highest BCUT2D eigenvalue weighted by atomic mass is 16.5. The van der Waals surface area contributed by atoms with E-state index in [2.05, 4.69) is 33.0 Å². The normalized spacial score (nSPS) is 33.2. The number of hydrogen-bond donors (Lipinski definition) is 1. The van der Waals surface area contributed by atoms with E-state index in [9.17, 15) is 0 Å². The maximum absolute atomic E-state index is 5.78. The summed E-state index contributed by atoms with van der Waals surface area (Å²) in [4.78, 5) is 0. The summed E-state index contributed by atoms with van der Waals surface area (Å²) in [6.07, 6.45) is 7.28. The molecule has 0 bridgehead atoms. The van der Waals surface area contributed by atoms with Crippen molar-refractivity contribution in [2.24, 2.45) is 10.8 Å². The molecule has 2 aliphatic carbocycles. The van der Waals surface area contributed by atoms with Crippen LogP contribution in [0.15, 0.2) is 0 Å². The molecule has 2 fully saturated rings. The second-order valence-electron chi connectivity index (χ2n) is 6.68. The molecule has 2 nitrogen and oxygen atoms in total. The van der Waals surface area contributed by atoms with Crippen molar-refractivity contribution in [3.8, 4) is 0 Å². The van der Waals surface area contributed by atoms with Gasteiger partial charge in [-0.25, -0.2) is 0 Å². The zero-order chi connectivity index (χ0) is 12.5. The van der Waals surface area contributed by atoms with E-state index in [1.54, 1.807) is 0 Å². The van der Waals surface area contributed by atoms with Crippen LogP contribution in [0.1, 0.15) is 59.8 Å². The fourth-order valence-corrected chi connectivity index (χ4v) is 3.28. The summed E-state index contributed by atoms with van der Waals surface area (Å²) in [5.74, 6) is 0. The Morgan fingerprint density at radius 3 is 2.41 bits per heavy atom. The molecule has 2 aliphatic rings. The van der Waals surface area contributed by atoms with Gasteiger partial charge in [-0.15, -0.1) is 0 Å². The van der Waals surface area contributed by atoms with Crippen molar-refractivity contribution in [3.05, 3.63) is 0 Å². The van der Waals surface area contributed by atoms with Crippen molar-refractivity contribution in [2.45, 2.75) is 71.9 Å². The zero-order valence-electron chi connectivity index (χ0n) is 12.0. The van der Waals surface area contributed by atoms with E-state index in [-0.39, 0.29) is 0 Å². The Bertz CT molecular complexity index is 258. The van der Waals surface area contributed by atoms with Crippen LogP contribution in [-0.2, 0) is 4.74 Å². The molecule has 0 heterocycles. The predicted molar refractivity (Wildman–Crippen MR) is 72.2 cm³/mol. The van der Waals surface area contributed by atoms with Gasteiger partial charge in [-0.05, 0) is 38.0 Å². The number of rotatable bonds is 7. The largest absolute Gasteiger partial charge is 0.378 e. The molecule has 0 amide bonds. The van der Waals surface area contributed by atoms with Gasteiger partial charge >= 0.3 is 0 Å². The molecule has 0 aromatic rings. The molecule has 2 atom stereocenters. The molecule has 0 aromatic heterocycles. The SMILES string of the molecule is CCCC1(CNC2CC(OCC)C2(C)C)CC1. The predicted octanol–water partition coefficient (Wildman–Crippen LogP) is 3.36. The molecule has 100 valence electrons. The van der Waals surface area contributed by atoms with Gasteiger partial charge < -0.3 is 10.1 Å². The standard InChI is InChI=1S/C15H29NO/c1-5-7-15(8-9-15)11-16-12-10-13(17-6-2)14(12,3)4/h12-13,16H,5-11H2,1-4H3. The van der Waals surface area contributed by atoms with Crippen molar-refractivity contribution >= 4 is 0 Å². The van der Waals surface area contributed by atoms with Gasteiger partial charge in [0, 0.05) is 24.6 Å². The number of nitrogens with one attached hydrogen (secondary N) is 1. The van der Waals surface area contributed by atoms with Crippen molar-refractivity contribution < 1.29 is 4.74 Å². The van der Waals surface area contributed by atoms with Crippen LogP contribution in [0.4, 0.5) is 0 Å². The van der Waals surface area contributed by atoms with Crippen LogP contribution in [-0.4, -0.2) is 25.3 Å². The lowest BCUT2D eigenvalue weighted by molar-refractivity contribution is -0.114. The Morgan fingerprint density at radius 1 is 1.24 bits per heavy atom. The summed E-state index contributed by atoms with van der Waals surface area (Å²) < 4.78 is 5.78. The average molecular weight is 239 g/mol. The first-order chi connectivity index (χ1) is 8.04. The highest BCUT2D eigenvalue weighted by Crippen LogP contribution is 2.50. The van der Waals surface area contributed by atoms with Gasteiger partial charge in [0.2, 0.25) is 0 Å². The van der Waals surface area contributed by atoms with Gasteiger partial charge in [0.15, 0.2) is 0 Å². The minimum Gasteiger partial charge on any atom is -0.378 e. The first kappa shape index (κ1) is 13.4. The Morgan fingerprint density at radius 2 is 1.94 bits per heavy atom.